The van der Waals surface area contributed by atoms with Crippen LogP contribution >= 0.6 is 11.3 Å². The quantitative estimate of drug-likeness (QED) is 0.176. The number of hydrogen-bond acceptors (Lipinski definition) is 9. The number of ether oxygens (including phenoxy) is 1. The highest BCUT2D eigenvalue weighted by molar-refractivity contribution is 7.09. The molecule has 2 aromatic carbocycles. The number of carbonyl (C=O) groups is 2. The summed E-state index contributed by atoms with van der Waals surface area (Å²) in [5.74, 6) is -0.618. The number of aromatic nitrogens is 2. The van der Waals surface area contributed by atoms with Gasteiger partial charge in [-0.1, -0.05) is 18.2 Å². The van der Waals surface area contributed by atoms with Crippen LogP contribution in [0.1, 0.15) is 70.9 Å². The summed E-state index contributed by atoms with van der Waals surface area (Å²) in [5.41, 5.74) is 3.03. The van der Waals surface area contributed by atoms with Gasteiger partial charge in [0, 0.05) is 54.7 Å². The van der Waals surface area contributed by atoms with Crippen LogP contribution in [0.25, 0.3) is 11.1 Å². The molecule has 1 aliphatic carbocycles. The topological polar surface area (TPSA) is 129 Å². The van der Waals surface area contributed by atoms with Gasteiger partial charge in [0.2, 0.25) is 5.88 Å². The Morgan fingerprint density at radius 3 is 2.38 bits per heavy atom. The highest BCUT2D eigenvalue weighted by atomic mass is 32.1. The number of phenolic OH excluding ortho intramolecular Hbond substituents is 1. The first-order valence-electron chi connectivity index (χ1n) is 16.4. The third-order valence-corrected chi connectivity index (χ3v) is 9.57. The van der Waals surface area contributed by atoms with E-state index in [-0.39, 0.29) is 35.2 Å². The number of nitrogens with zero attached hydrogens (tertiary/aromatic N) is 3. The molecule has 0 unspecified atom stereocenters. The number of benzene rings is 2. The molecule has 2 atom stereocenters. The summed E-state index contributed by atoms with van der Waals surface area (Å²) < 4.78 is 20.4. The molecule has 10 nitrogen and oxygen atoms in total. The van der Waals surface area contributed by atoms with Crippen molar-refractivity contribution in [2.75, 3.05) is 13.1 Å². The van der Waals surface area contributed by atoms with E-state index in [1.54, 1.807) is 17.5 Å². The maximum absolute atomic E-state index is 14.3. The fourth-order valence-corrected chi connectivity index (χ4v) is 7.19. The van der Waals surface area contributed by atoms with Crippen molar-refractivity contribution in [2.45, 2.75) is 77.2 Å². The van der Waals surface area contributed by atoms with Gasteiger partial charge in [-0.05, 0) is 87.9 Å². The van der Waals surface area contributed by atoms with Crippen LogP contribution in [0.15, 0.2) is 60.1 Å². The van der Waals surface area contributed by atoms with Crippen LogP contribution in [-0.4, -0.2) is 69.0 Å². The molecule has 252 valence electrons. The largest absolute Gasteiger partial charge is 0.508 e. The fourth-order valence-electron chi connectivity index (χ4n) is 6.60. The van der Waals surface area contributed by atoms with Crippen molar-refractivity contribution in [1.29, 1.82) is 0 Å². The van der Waals surface area contributed by atoms with Crippen LogP contribution in [-0.2, 0) is 6.54 Å². The second kappa shape index (κ2) is 14.8. The standard InChI is InChI=1S/C36H41FN6O4S/c1-21-17-43(18-22(2)39-21)19-26-13-25(7-12-33(26)44)24-5-4-6-30(14-24)47-36-31(15-27(37)16-38-36)34(45)41-28-8-10-29(11-9-28)42-35(46)32-20-48-23(3)40-32/h4-7,12-16,20-22,28-29,39,44H,8-11,17-19H2,1-3H3,(H,41,45)(H,42,46)/t21-,22+,28-,29+. The highest BCUT2D eigenvalue weighted by Gasteiger charge is 2.27. The van der Waals surface area contributed by atoms with Gasteiger partial charge in [0.05, 0.1) is 11.2 Å². The Morgan fingerprint density at radius 2 is 1.69 bits per heavy atom. The third kappa shape index (κ3) is 8.36. The predicted molar refractivity (Wildman–Crippen MR) is 183 cm³/mol. The van der Waals surface area contributed by atoms with Gasteiger partial charge in [0.25, 0.3) is 11.8 Å². The molecule has 0 bridgehead atoms. The number of thiazole rings is 1. The van der Waals surface area contributed by atoms with Gasteiger partial charge in [0.15, 0.2) is 0 Å². The molecule has 4 N–H and O–H groups in total. The van der Waals surface area contributed by atoms with Crippen molar-refractivity contribution in [3.63, 3.8) is 0 Å². The van der Waals surface area contributed by atoms with Crippen LogP contribution < -0.4 is 20.7 Å². The summed E-state index contributed by atoms with van der Waals surface area (Å²) in [7, 11) is 0. The zero-order valence-electron chi connectivity index (χ0n) is 27.3. The first kappa shape index (κ1) is 33.5. The van der Waals surface area contributed by atoms with E-state index in [0.29, 0.717) is 55.8 Å². The van der Waals surface area contributed by atoms with Gasteiger partial charge in [-0.2, -0.15) is 0 Å². The lowest BCUT2D eigenvalue weighted by Gasteiger charge is -2.36. The second-order valence-electron chi connectivity index (χ2n) is 12.9. The molecular formula is C36H41FN6O4S. The highest BCUT2D eigenvalue weighted by Crippen LogP contribution is 2.32. The Balaban J connectivity index is 1.10. The Morgan fingerprint density at radius 1 is 1.00 bits per heavy atom. The van der Waals surface area contributed by atoms with E-state index in [1.165, 1.54) is 11.3 Å². The Hall–Kier alpha value is -4.39. The van der Waals surface area contributed by atoms with Crippen molar-refractivity contribution in [3.8, 4) is 28.5 Å². The van der Waals surface area contributed by atoms with Crippen molar-refractivity contribution in [1.82, 2.24) is 30.8 Å². The number of hydrogen-bond donors (Lipinski definition) is 4. The number of phenols is 1. The molecule has 3 heterocycles. The van der Waals surface area contributed by atoms with Gasteiger partial charge in [0.1, 0.15) is 28.6 Å². The third-order valence-electron chi connectivity index (χ3n) is 8.80. The van der Waals surface area contributed by atoms with E-state index in [9.17, 15) is 19.1 Å². The molecule has 2 aromatic heterocycles. The van der Waals surface area contributed by atoms with E-state index >= 15 is 0 Å². The average Bonchev–Trinajstić information content (AvgIpc) is 3.50. The molecule has 0 spiro atoms. The Bertz CT molecular complexity index is 1760. The molecule has 1 saturated carbocycles. The Labute approximate surface area is 283 Å². The van der Waals surface area contributed by atoms with E-state index in [1.807, 2.05) is 37.3 Å². The van der Waals surface area contributed by atoms with Crippen molar-refractivity contribution in [2.24, 2.45) is 0 Å². The van der Waals surface area contributed by atoms with Gasteiger partial charge in [-0.25, -0.2) is 14.4 Å². The number of piperazine rings is 1. The molecule has 1 saturated heterocycles. The summed E-state index contributed by atoms with van der Waals surface area (Å²) in [6, 6.07) is 14.7. The molecule has 0 radical (unpaired) electrons. The molecule has 4 aromatic rings. The number of amides is 2. The first-order valence-corrected chi connectivity index (χ1v) is 17.3. The number of aromatic hydroxyl groups is 1. The fraction of sp³-hybridized carbons (Fsp3) is 0.389. The van der Waals surface area contributed by atoms with Crippen LogP contribution in [0.4, 0.5) is 4.39 Å². The number of rotatable bonds is 9. The van der Waals surface area contributed by atoms with E-state index < -0.39 is 11.7 Å². The molecule has 2 aliphatic rings. The summed E-state index contributed by atoms with van der Waals surface area (Å²) in [6.45, 7) is 8.60. The first-order chi connectivity index (χ1) is 23.1. The van der Waals surface area contributed by atoms with Gasteiger partial charge in [-0.3, -0.25) is 14.5 Å². The predicted octanol–water partition coefficient (Wildman–Crippen LogP) is 5.80. The molecule has 2 amide bonds. The van der Waals surface area contributed by atoms with Crippen LogP contribution in [0.5, 0.6) is 17.4 Å². The normalized spacial score (nSPS) is 21.4. The second-order valence-corrected chi connectivity index (χ2v) is 14.0. The number of nitrogens with one attached hydrogen (secondary N) is 3. The summed E-state index contributed by atoms with van der Waals surface area (Å²) in [4.78, 5) is 36.6. The maximum atomic E-state index is 14.3. The number of carbonyl (C=O) groups excluding carboxylic acids is 2. The van der Waals surface area contributed by atoms with Crippen molar-refractivity contribution in [3.05, 3.63) is 87.8 Å². The van der Waals surface area contributed by atoms with E-state index in [2.05, 4.69) is 44.7 Å². The Kier molecular flexibility index (Phi) is 10.3. The summed E-state index contributed by atoms with van der Waals surface area (Å²) >= 11 is 1.44. The van der Waals surface area contributed by atoms with E-state index in [4.69, 9.17) is 4.74 Å². The maximum Gasteiger partial charge on any atom is 0.270 e. The zero-order valence-corrected chi connectivity index (χ0v) is 28.1. The molecule has 6 rings (SSSR count). The lowest BCUT2D eigenvalue weighted by molar-refractivity contribution is 0.0888. The average molecular weight is 673 g/mol. The van der Waals surface area contributed by atoms with Gasteiger partial charge < -0.3 is 25.8 Å². The number of aryl methyl sites for hydroxylation is 1. The summed E-state index contributed by atoms with van der Waals surface area (Å²) in [6.07, 6.45) is 3.75. The number of halogens is 1. The lowest BCUT2D eigenvalue weighted by atomic mass is 9.91. The van der Waals surface area contributed by atoms with Gasteiger partial charge >= 0.3 is 0 Å². The molecule has 2 fully saturated rings. The minimum Gasteiger partial charge on any atom is -0.508 e. The monoisotopic (exact) mass is 672 g/mol. The van der Waals surface area contributed by atoms with Crippen LogP contribution in [0.3, 0.4) is 0 Å². The molecular weight excluding hydrogens is 631 g/mol. The SMILES string of the molecule is Cc1nc(C(=O)N[C@H]2CC[C@@H](NC(=O)c3cc(F)cnc3Oc3cccc(-c4ccc(O)c(CN5C[C@@H](C)N[C@@H](C)C5)c4)c3)CC2)cs1. The lowest BCUT2D eigenvalue weighted by Crippen LogP contribution is -2.53. The minimum absolute atomic E-state index is 0.00102. The molecule has 1 aliphatic heterocycles. The zero-order chi connectivity index (χ0) is 33.8. The van der Waals surface area contributed by atoms with E-state index in [0.717, 1.165) is 47.1 Å². The van der Waals surface area contributed by atoms with Crippen LogP contribution in [0.2, 0.25) is 0 Å². The molecule has 48 heavy (non-hydrogen) atoms. The van der Waals surface area contributed by atoms with Gasteiger partial charge in [-0.15, -0.1) is 11.3 Å². The number of pyridine rings is 1. The summed E-state index contributed by atoms with van der Waals surface area (Å²) in [5, 5.41) is 22.8. The smallest absolute Gasteiger partial charge is 0.270 e. The van der Waals surface area contributed by atoms with Crippen LogP contribution in [0, 0.1) is 12.7 Å². The minimum atomic E-state index is -0.644. The molecule has 12 heteroatoms. The van der Waals surface area contributed by atoms with Crippen molar-refractivity contribution >= 4 is 23.2 Å². The van der Waals surface area contributed by atoms with Crippen molar-refractivity contribution < 1.29 is 23.8 Å².